The second-order valence-electron chi connectivity index (χ2n) is 5.11. The number of urea groups is 1. The van der Waals surface area contributed by atoms with Crippen LogP contribution in [0.3, 0.4) is 0 Å². The number of thiophene rings is 1. The molecule has 0 aliphatic heterocycles. The zero-order valence-corrected chi connectivity index (χ0v) is 14.6. The van der Waals surface area contributed by atoms with Gasteiger partial charge in [-0.05, 0) is 17.4 Å². The minimum absolute atomic E-state index is 0.0188. The highest BCUT2D eigenvalue weighted by Crippen LogP contribution is 2.27. The summed E-state index contributed by atoms with van der Waals surface area (Å²) in [6, 6.07) is 0.891. The molecular weight excluding hydrogens is 352 g/mol. The van der Waals surface area contributed by atoms with Gasteiger partial charge >= 0.3 is 12.0 Å². The molecule has 0 spiro atoms. The predicted octanol–water partition coefficient (Wildman–Crippen LogP) is 1.55. The topological polar surface area (TPSA) is 124 Å². The molecule has 2 rings (SSSR count). The van der Waals surface area contributed by atoms with Crippen LogP contribution >= 0.6 is 23.1 Å². The molecule has 0 radical (unpaired) electrons. The highest BCUT2D eigenvalue weighted by Gasteiger charge is 2.27. The van der Waals surface area contributed by atoms with Gasteiger partial charge in [0.2, 0.25) is 0 Å². The van der Waals surface area contributed by atoms with Crippen LogP contribution < -0.4 is 11.1 Å². The lowest BCUT2D eigenvalue weighted by Crippen LogP contribution is -2.45. The van der Waals surface area contributed by atoms with E-state index in [4.69, 9.17) is 10.5 Å². The Kier molecular flexibility index (Phi) is 6.10. The van der Waals surface area contributed by atoms with Crippen LogP contribution in [0.5, 0.6) is 0 Å². The summed E-state index contributed by atoms with van der Waals surface area (Å²) < 4.78 is 5.17. The molecule has 8 nitrogen and oxygen atoms in total. The van der Waals surface area contributed by atoms with Gasteiger partial charge in [-0.2, -0.15) is 0 Å². The van der Waals surface area contributed by atoms with E-state index in [9.17, 15) is 14.4 Å². The van der Waals surface area contributed by atoms with Gasteiger partial charge in [0.15, 0.2) is 6.10 Å². The predicted molar refractivity (Wildman–Crippen MR) is 90.6 cm³/mol. The lowest BCUT2D eigenvalue weighted by atomic mass is 10.1. The molecule has 0 unspecified atom stereocenters. The molecule has 128 valence electrons. The fraction of sp³-hybridized carbons (Fsp3) is 0.357. The number of aromatic nitrogens is 2. The molecule has 2 heterocycles. The number of carbonyl (C=O) groups is 3. The van der Waals surface area contributed by atoms with Crippen LogP contribution in [0.4, 0.5) is 4.79 Å². The van der Waals surface area contributed by atoms with E-state index < -0.39 is 24.0 Å². The number of carbonyl (C=O) groups excluding carboxylic acids is 3. The summed E-state index contributed by atoms with van der Waals surface area (Å²) in [5.74, 6) is -1.64. The maximum atomic E-state index is 12.0. The largest absolute Gasteiger partial charge is 0.451 e. The second-order valence-corrected chi connectivity index (χ2v) is 6.97. The molecular formula is C14H16N4O4S2. The first kappa shape index (κ1) is 18.1. The number of thioether (sulfide) groups is 1. The van der Waals surface area contributed by atoms with Crippen molar-refractivity contribution in [1.82, 2.24) is 15.3 Å². The molecule has 1 atom stereocenters. The molecule has 3 amide bonds. The lowest BCUT2D eigenvalue weighted by molar-refractivity contribution is -0.155. The highest BCUT2D eigenvalue weighted by atomic mass is 32.2. The van der Waals surface area contributed by atoms with Gasteiger partial charge in [-0.15, -0.1) is 11.3 Å². The quantitative estimate of drug-likeness (QED) is 0.450. The van der Waals surface area contributed by atoms with Crippen molar-refractivity contribution in [2.45, 2.75) is 25.0 Å². The van der Waals surface area contributed by atoms with Gasteiger partial charge in [0.25, 0.3) is 5.91 Å². The molecule has 0 aliphatic rings. The Labute approximate surface area is 146 Å². The Morgan fingerprint density at radius 3 is 2.79 bits per heavy atom. The molecule has 3 N–H and O–H groups in total. The summed E-state index contributed by atoms with van der Waals surface area (Å²) in [5.41, 5.74) is 4.91. The summed E-state index contributed by atoms with van der Waals surface area (Å²) in [6.45, 7) is 3.40. The van der Waals surface area contributed by atoms with Crippen LogP contribution in [0.15, 0.2) is 22.8 Å². The van der Waals surface area contributed by atoms with E-state index in [2.05, 4.69) is 9.97 Å². The Balaban J connectivity index is 1.97. The van der Waals surface area contributed by atoms with Gasteiger partial charge in [0.1, 0.15) is 16.2 Å². The van der Waals surface area contributed by atoms with Gasteiger partial charge < -0.3 is 10.5 Å². The molecule has 0 aliphatic carbocycles. The number of esters is 1. The number of primary amides is 1. The van der Waals surface area contributed by atoms with Crippen molar-refractivity contribution >= 4 is 51.2 Å². The van der Waals surface area contributed by atoms with Crippen molar-refractivity contribution < 1.29 is 19.1 Å². The molecule has 24 heavy (non-hydrogen) atoms. The van der Waals surface area contributed by atoms with Crippen molar-refractivity contribution in [3.05, 3.63) is 17.8 Å². The Bertz CT molecular complexity index is 762. The molecule has 0 saturated carbocycles. The smallest absolute Gasteiger partial charge is 0.318 e. The number of nitrogens with two attached hydrogens (primary N) is 1. The minimum Gasteiger partial charge on any atom is -0.451 e. The third-order valence-electron chi connectivity index (χ3n) is 2.92. The maximum absolute atomic E-state index is 12.0. The van der Waals surface area contributed by atoms with Gasteiger partial charge in [-0.3, -0.25) is 14.9 Å². The number of amides is 3. The van der Waals surface area contributed by atoms with E-state index in [1.165, 1.54) is 29.4 Å². The Hall–Kier alpha value is -2.20. The van der Waals surface area contributed by atoms with Gasteiger partial charge in [0, 0.05) is 5.39 Å². The maximum Gasteiger partial charge on any atom is 0.318 e. The molecule has 0 fully saturated rings. The van der Waals surface area contributed by atoms with Crippen molar-refractivity contribution in [3.63, 3.8) is 0 Å². The third kappa shape index (κ3) is 4.65. The molecule has 2 aromatic rings. The first-order valence-corrected chi connectivity index (χ1v) is 8.85. The number of ether oxygens (including phenoxy) is 1. The third-order valence-corrected chi connectivity index (χ3v) is 4.72. The molecule has 0 aromatic carbocycles. The van der Waals surface area contributed by atoms with E-state index >= 15 is 0 Å². The number of rotatable bonds is 6. The van der Waals surface area contributed by atoms with Crippen LogP contribution in [-0.2, 0) is 14.3 Å². The fourth-order valence-corrected chi connectivity index (χ4v) is 3.43. The number of hydrogen-bond acceptors (Lipinski definition) is 8. The van der Waals surface area contributed by atoms with Crippen molar-refractivity contribution in [2.75, 3.05) is 5.75 Å². The standard InChI is InChI=1S/C14H16N4O4S2/c1-7(2)10(11(20)18-14(15)21)22-9(19)5-24-13-8-3-4-23-12(8)16-6-17-13/h3-4,6-7,10H,5H2,1-2H3,(H3,15,18,20,21)/t10-/m0/s1. The van der Waals surface area contributed by atoms with E-state index in [-0.39, 0.29) is 11.7 Å². The number of hydrogen-bond donors (Lipinski definition) is 2. The Morgan fingerprint density at radius 2 is 2.12 bits per heavy atom. The average Bonchev–Trinajstić information content (AvgIpc) is 2.98. The summed E-state index contributed by atoms with van der Waals surface area (Å²) in [7, 11) is 0. The number of fused-ring (bicyclic) bond motifs is 1. The van der Waals surface area contributed by atoms with E-state index in [0.717, 1.165) is 10.2 Å². The molecule has 0 bridgehead atoms. The van der Waals surface area contributed by atoms with Crippen molar-refractivity contribution in [1.29, 1.82) is 0 Å². The first-order valence-electron chi connectivity index (χ1n) is 6.99. The molecule has 2 aromatic heterocycles. The number of nitrogens with zero attached hydrogens (tertiary/aromatic N) is 2. The SMILES string of the molecule is CC(C)[C@H](OC(=O)CSc1ncnc2sccc12)C(=O)NC(N)=O. The molecule has 10 heteroatoms. The van der Waals surface area contributed by atoms with Crippen molar-refractivity contribution in [3.8, 4) is 0 Å². The summed E-state index contributed by atoms with van der Waals surface area (Å²) >= 11 is 2.68. The van der Waals surface area contributed by atoms with E-state index in [1.807, 2.05) is 16.8 Å². The lowest BCUT2D eigenvalue weighted by Gasteiger charge is -2.19. The fourth-order valence-electron chi connectivity index (χ4n) is 1.87. The van der Waals surface area contributed by atoms with E-state index in [0.29, 0.717) is 5.03 Å². The second kappa shape index (κ2) is 8.06. The number of nitrogens with one attached hydrogen (secondary N) is 1. The average molecular weight is 368 g/mol. The van der Waals surface area contributed by atoms with Gasteiger partial charge in [-0.1, -0.05) is 25.6 Å². The minimum atomic E-state index is -1.09. The van der Waals surface area contributed by atoms with Crippen LogP contribution in [0.25, 0.3) is 10.2 Å². The Morgan fingerprint density at radius 1 is 1.38 bits per heavy atom. The van der Waals surface area contributed by atoms with Crippen LogP contribution in [0, 0.1) is 5.92 Å². The summed E-state index contributed by atoms with van der Waals surface area (Å²) in [5, 5.41) is 5.35. The number of imide groups is 1. The van der Waals surface area contributed by atoms with E-state index in [1.54, 1.807) is 13.8 Å². The zero-order valence-electron chi connectivity index (χ0n) is 13.0. The summed E-state index contributed by atoms with van der Waals surface area (Å²) in [6.07, 6.45) is 0.348. The molecule has 0 saturated heterocycles. The monoisotopic (exact) mass is 368 g/mol. The van der Waals surface area contributed by atoms with Crippen molar-refractivity contribution in [2.24, 2.45) is 11.7 Å². The first-order chi connectivity index (χ1) is 11.4. The zero-order chi connectivity index (χ0) is 17.7. The van der Waals surface area contributed by atoms with Crippen LogP contribution in [0.2, 0.25) is 0 Å². The van der Waals surface area contributed by atoms with Crippen LogP contribution in [0.1, 0.15) is 13.8 Å². The summed E-state index contributed by atoms with van der Waals surface area (Å²) in [4.78, 5) is 43.7. The highest BCUT2D eigenvalue weighted by molar-refractivity contribution is 8.00. The van der Waals surface area contributed by atoms with Gasteiger partial charge in [0.05, 0.1) is 5.75 Å². The van der Waals surface area contributed by atoms with Gasteiger partial charge in [-0.25, -0.2) is 14.8 Å². The van der Waals surface area contributed by atoms with Crippen LogP contribution in [-0.4, -0.2) is 39.7 Å². The normalized spacial score (nSPS) is 12.1.